The normalized spacial score (nSPS) is 35.8. The number of hydrogen-bond acceptors (Lipinski definition) is 0. The third-order valence-electron chi connectivity index (χ3n) is 3.46. The fourth-order valence-corrected chi connectivity index (χ4v) is 2.73. The van der Waals surface area contributed by atoms with E-state index in [9.17, 15) is 0 Å². The van der Waals surface area contributed by atoms with Gasteiger partial charge in [0.15, 0.2) is 0 Å². The van der Waals surface area contributed by atoms with Crippen LogP contribution in [0.15, 0.2) is 0 Å². The average Bonchev–Trinajstić information content (AvgIpc) is 2.31. The van der Waals surface area contributed by atoms with Crippen molar-refractivity contribution < 1.29 is 0 Å². The van der Waals surface area contributed by atoms with Crippen molar-refractivity contribution >= 4 is 0 Å². The molecule has 0 aliphatic heterocycles. The summed E-state index contributed by atoms with van der Waals surface area (Å²) in [6.45, 7) is 7.15. The molecule has 0 nitrogen and oxygen atoms in total. The lowest BCUT2D eigenvalue weighted by atomic mass is 9.92. The molecule has 1 aliphatic carbocycles. The van der Waals surface area contributed by atoms with E-state index in [1.165, 1.54) is 38.5 Å². The number of unbranched alkanes of at least 4 members (excludes halogenated alkanes) is 2. The monoisotopic (exact) mass is 168 g/mol. The zero-order valence-electron chi connectivity index (χ0n) is 8.97. The Morgan fingerprint density at radius 1 is 1.08 bits per heavy atom. The minimum atomic E-state index is 1.01. The van der Waals surface area contributed by atoms with Crippen LogP contribution in [0.5, 0.6) is 0 Å². The molecular weight excluding hydrogens is 144 g/mol. The summed E-state index contributed by atoms with van der Waals surface area (Å²) < 4.78 is 0. The molecule has 0 heterocycles. The predicted molar refractivity (Wildman–Crippen MR) is 55.2 cm³/mol. The van der Waals surface area contributed by atoms with E-state index in [2.05, 4.69) is 20.8 Å². The summed E-state index contributed by atoms with van der Waals surface area (Å²) in [6.07, 6.45) is 8.77. The lowest BCUT2D eigenvalue weighted by molar-refractivity contribution is 0.375. The van der Waals surface area contributed by atoms with E-state index in [-0.39, 0.29) is 0 Å². The van der Waals surface area contributed by atoms with Crippen LogP contribution in [-0.2, 0) is 0 Å². The first-order valence-electron chi connectivity index (χ1n) is 5.74. The lowest BCUT2D eigenvalue weighted by Crippen LogP contribution is -2.03. The summed E-state index contributed by atoms with van der Waals surface area (Å²) in [5.74, 6) is 3.08. The summed E-state index contributed by atoms with van der Waals surface area (Å²) in [7, 11) is 0. The van der Waals surface area contributed by atoms with Crippen LogP contribution in [0.3, 0.4) is 0 Å². The molecule has 3 unspecified atom stereocenters. The molecular formula is C12H24. The van der Waals surface area contributed by atoms with Crippen molar-refractivity contribution in [2.45, 2.75) is 59.3 Å². The molecule has 1 aliphatic rings. The molecule has 0 aromatic heterocycles. The van der Waals surface area contributed by atoms with E-state index < -0.39 is 0 Å². The van der Waals surface area contributed by atoms with Crippen molar-refractivity contribution in [3.05, 3.63) is 0 Å². The van der Waals surface area contributed by atoms with Gasteiger partial charge in [0.25, 0.3) is 0 Å². The molecule has 12 heavy (non-hydrogen) atoms. The lowest BCUT2D eigenvalue weighted by Gasteiger charge is -2.14. The van der Waals surface area contributed by atoms with E-state index in [1.54, 1.807) is 0 Å². The molecule has 0 aromatic carbocycles. The summed E-state index contributed by atoms with van der Waals surface area (Å²) in [6, 6.07) is 0. The van der Waals surface area contributed by atoms with Gasteiger partial charge in [-0.2, -0.15) is 0 Å². The van der Waals surface area contributed by atoms with Gasteiger partial charge in [-0.15, -0.1) is 0 Å². The Morgan fingerprint density at radius 2 is 1.83 bits per heavy atom. The second kappa shape index (κ2) is 4.89. The van der Waals surface area contributed by atoms with Crippen molar-refractivity contribution in [1.82, 2.24) is 0 Å². The van der Waals surface area contributed by atoms with E-state index in [1.807, 2.05) is 0 Å². The molecule has 3 atom stereocenters. The Bertz CT molecular complexity index is 117. The second-order valence-electron chi connectivity index (χ2n) is 4.81. The Morgan fingerprint density at radius 3 is 2.33 bits per heavy atom. The van der Waals surface area contributed by atoms with E-state index >= 15 is 0 Å². The SMILES string of the molecule is CCCCCC1CC(C)CC1C. The number of hydrogen-bond donors (Lipinski definition) is 0. The minimum absolute atomic E-state index is 1.01. The third kappa shape index (κ3) is 2.80. The Hall–Kier alpha value is 0. The topological polar surface area (TPSA) is 0 Å². The zero-order chi connectivity index (χ0) is 8.97. The van der Waals surface area contributed by atoms with Gasteiger partial charge in [0.2, 0.25) is 0 Å². The standard InChI is InChI=1S/C12H24/c1-4-5-6-7-12-9-10(2)8-11(12)3/h10-12H,4-9H2,1-3H3. The van der Waals surface area contributed by atoms with Gasteiger partial charge < -0.3 is 0 Å². The molecule has 1 rings (SSSR count). The van der Waals surface area contributed by atoms with Gasteiger partial charge in [-0.1, -0.05) is 46.5 Å². The molecule has 1 saturated carbocycles. The molecule has 0 amide bonds. The van der Waals surface area contributed by atoms with E-state index in [4.69, 9.17) is 0 Å². The predicted octanol–water partition coefficient (Wildman–Crippen LogP) is 4.25. The molecule has 0 spiro atoms. The first-order chi connectivity index (χ1) is 5.74. The van der Waals surface area contributed by atoms with Crippen LogP contribution >= 0.6 is 0 Å². The van der Waals surface area contributed by atoms with Crippen LogP contribution in [0.25, 0.3) is 0 Å². The van der Waals surface area contributed by atoms with Gasteiger partial charge in [0.1, 0.15) is 0 Å². The number of rotatable bonds is 4. The van der Waals surface area contributed by atoms with Crippen molar-refractivity contribution in [3.8, 4) is 0 Å². The molecule has 0 N–H and O–H groups in total. The highest BCUT2D eigenvalue weighted by Gasteiger charge is 2.27. The Kier molecular flexibility index (Phi) is 4.11. The van der Waals surface area contributed by atoms with Gasteiger partial charge >= 0.3 is 0 Å². The maximum Gasteiger partial charge on any atom is -0.0386 e. The van der Waals surface area contributed by atoms with Crippen molar-refractivity contribution in [2.24, 2.45) is 17.8 Å². The van der Waals surface area contributed by atoms with Crippen LogP contribution in [0, 0.1) is 17.8 Å². The van der Waals surface area contributed by atoms with Crippen LogP contribution in [0.4, 0.5) is 0 Å². The molecule has 0 saturated heterocycles. The molecule has 1 fully saturated rings. The van der Waals surface area contributed by atoms with Crippen molar-refractivity contribution in [3.63, 3.8) is 0 Å². The summed E-state index contributed by atoms with van der Waals surface area (Å²) in [5, 5.41) is 0. The summed E-state index contributed by atoms with van der Waals surface area (Å²) >= 11 is 0. The van der Waals surface area contributed by atoms with Crippen LogP contribution in [-0.4, -0.2) is 0 Å². The van der Waals surface area contributed by atoms with Crippen LogP contribution < -0.4 is 0 Å². The maximum absolute atomic E-state index is 2.44. The van der Waals surface area contributed by atoms with Gasteiger partial charge in [-0.3, -0.25) is 0 Å². The Balaban J connectivity index is 2.15. The summed E-state index contributed by atoms with van der Waals surface area (Å²) in [4.78, 5) is 0. The molecule has 0 aromatic rings. The minimum Gasteiger partial charge on any atom is -0.0654 e. The van der Waals surface area contributed by atoms with Crippen LogP contribution in [0.2, 0.25) is 0 Å². The molecule has 72 valence electrons. The third-order valence-corrected chi connectivity index (χ3v) is 3.46. The van der Waals surface area contributed by atoms with Crippen molar-refractivity contribution in [1.29, 1.82) is 0 Å². The fraction of sp³-hybridized carbons (Fsp3) is 1.00. The fourth-order valence-electron chi connectivity index (χ4n) is 2.73. The zero-order valence-corrected chi connectivity index (χ0v) is 8.97. The average molecular weight is 168 g/mol. The first kappa shape index (κ1) is 10.1. The van der Waals surface area contributed by atoms with Crippen LogP contribution in [0.1, 0.15) is 59.3 Å². The Labute approximate surface area is 77.7 Å². The smallest absolute Gasteiger partial charge is 0.0386 e. The first-order valence-corrected chi connectivity index (χ1v) is 5.74. The highest BCUT2D eigenvalue weighted by Crippen LogP contribution is 2.38. The highest BCUT2D eigenvalue weighted by atomic mass is 14.3. The second-order valence-corrected chi connectivity index (χ2v) is 4.81. The van der Waals surface area contributed by atoms with Gasteiger partial charge in [-0.05, 0) is 30.6 Å². The maximum atomic E-state index is 2.44. The van der Waals surface area contributed by atoms with Crippen molar-refractivity contribution in [2.75, 3.05) is 0 Å². The molecule has 0 bridgehead atoms. The largest absolute Gasteiger partial charge is 0.0654 e. The highest BCUT2D eigenvalue weighted by molar-refractivity contribution is 4.78. The molecule has 0 heteroatoms. The molecule has 0 radical (unpaired) electrons. The van der Waals surface area contributed by atoms with Gasteiger partial charge in [0, 0.05) is 0 Å². The summed E-state index contributed by atoms with van der Waals surface area (Å²) in [5.41, 5.74) is 0. The van der Waals surface area contributed by atoms with Gasteiger partial charge in [-0.25, -0.2) is 0 Å². The van der Waals surface area contributed by atoms with E-state index in [0.717, 1.165) is 17.8 Å². The quantitative estimate of drug-likeness (QED) is 0.550. The van der Waals surface area contributed by atoms with E-state index in [0.29, 0.717) is 0 Å². The van der Waals surface area contributed by atoms with Gasteiger partial charge in [0.05, 0.1) is 0 Å².